The molecular weight excluding hydrogens is 208 g/mol. The molecule has 0 radical (unpaired) electrons. The van der Waals surface area contributed by atoms with Crippen molar-refractivity contribution in [3.05, 3.63) is 10.6 Å². The van der Waals surface area contributed by atoms with E-state index in [1.54, 1.807) is 0 Å². The molecule has 0 saturated heterocycles. The number of hydrogen-bond acceptors (Lipinski definition) is 3. The number of hydrogen-bond donors (Lipinski definition) is 2. The first-order chi connectivity index (χ1) is 5.83. The first-order valence-corrected chi connectivity index (χ1v) is 4.59. The van der Waals surface area contributed by atoms with E-state index >= 15 is 0 Å². The molecule has 1 saturated carbocycles. The minimum absolute atomic E-state index is 0. The normalized spacial score (nSPS) is 15.5. The third-order valence-corrected chi connectivity index (χ3v) is 2.35. The molecule has 0 aliphatic heterocycles. The summed E-state index contributed by atoms with van der Waals surface area (Å²) in [6.07, 6.45) is 3.26. The van der Waals surface area contributed by atoms with Gasteiger partial charge in [0.15, 0.2) is 4.77 Å². The molecule has 4 nitrogen and oxygen atoms in total. The largest absolute Gasteiger partial charge is 0.330 e. The third-order valence-electron chi connectivity index (χ3n) is 2.06. The number of nitrogens with one attached hydrogen (secondary N) is 1. The predicted molar refractivity (Wildman–Crippen MR) is 55.7 cm³/mol. The molecule has 6 heteroatoms. The van der Waals surface area contributed by atoms with Gasteiger partial charge in [0.1, 0.15) is 5.82 Å². The molecule has 1 fully saturated rings. The zero-order valence-corrected chi connectivity index (χ0v) is 8.83. The van der Waals surface area contributed by atoms with Crippen molar-refractivity contribution in [2.24, 2.45) is 5.73 Å². The summed E-state index contributed by atoms with van der Waals surface area (Å²) in [6, 6.07) is 0.595. The molecule has 1 heterocycles. The van der Waals surface area contributed by atoms with Gasteiger partial charge < -0.3 is 10.3 Å². The second kappa shape index (κ2) is 4.21. The lowest BCUT2D eigenvalue weighted by Gasteiger charge is -2.01. The number of nitrogens with two attached hydrogens (primary N) is 1. The van der Waals surface area contributed by atoms with Crippen LogP contribution in [-0.4, -0.2) is 21.3 Å². The Labute approximate surface area is 87.9 Å². The lowest BCUT2D eigenvalue weighted by molar-refractivity contribution is 0.670. The fourth-order valence-corrected chi connectivity index (χ4v) is 1.65. The van der Waals surface area contributed by atoms with E-state index in [-0.39, 0.29) is 12.4 Å². The molecule has 13 heavy (non-hydrogen) atoms. The van der Waals surface area contributed by atoms with Crippen molar-refractivity contribution in [1.82, 2.24) is 14.8 Å². The van der Waals surface area contributed by atoms with E-state index in [2.05, 4.69) is 14.8 Å². The summed E-state index contributed by atoms with van der Waals surface area (Å²) >= 11 is 5.11. The fourth-order valence-electron chi connectivity index (χ4n) is 1.35. The Morgan fingerprint density at radius 1 is 1.62 bits per heavy atom. The number of rotatable bonds is 3. The number of aromatic amines is 1. The van der Waals surface area contributed by atoms with E-state index in [1.165, 1.54) is 12.8 Å². The molecule has 0 aromatic carbocycles. The van der Waals surface area contributed by atoms with Crippen LogP contribution in [0.25, 0.3) is 0 Å². The maximum atomic E-state index is 5.46. The SMILES string of the molecule is Cl.NCCc1n[nH]c(=S)n1C1CC1. The van der Waals surface area contributed by atoms with E-state index in [0.717, 1.165) is 17.0 Å². The van der Waals surface area contributed by atoms with Gasteiger partial charge in [0.25, 0.3) is 0 Å². The molecule has 0 spiro atoms. The quantitative estimate of drug-likeness (QED) is 0.753. The third kappa shape index (κ3) is 2.10. The first-order valence-electron chi connectivity index (χ1n) is 4.19. The van der Waals surface area contributed by atoms with Gasteiger partial charge in [-0.3, -0.25) is 5.10 Å². The standard InChI is InChI=1S/C7H12N4S.ClH/c8-4-3-6-9-10-7(12)11(6)5-1-2-5;/h5H,1-4,8H2,(H,10,12);1H. The molecule has 2 rings (SSSR count). The molecule has 0 bridgehead atoms. The summed E-state index contributed by atoms with van der Waals surface area (Å²) in [4.78, 5) is 0. The first kappa shape index (κ1) is 10.7. The average molecular weight is 221 g/mol. The Hall–Kier alpha value is -0.390. The molecule has 74 valence electrons. The molecule has 1 aliphatic rings. The van der Waals surface area contributed by atoms with Gasteiger partial charge in [0.05, 0.1) is 0 Å². The highest BCUT2D eigenvalue weighted by Crippen LogP contribution is 2.35. The topological polar surface area (TPSA) is 59.6 Å². The van der Waals surface area contributed by atoms with Crippen molar-refractivity contribution in [3.63, 3.8) is 0 Å². The van der Waals surface area contributed by atoms with Gasteiger partial charge in [-0.15, -0.1) is 12.4 Å². The summed E-state index contributed by atoms with van der Waals surface area (Å²) < 4.78 is 2.84. The zero-order chi connectivity index (χ0) is 8.55. The van der Waals surface area contributed by atoms with E-state index in [1.807, 2.05) is 0 Å². The van der Waals surface area contributed by atoms with Crippen molar-refractivity contribution < 1.29 is 0 Å². The Kier molecular flexibility index (Phi) is 3.47. The Morgan fingerprint density at radius 2 is 2.31 bits per heavy atom. The molecule has 0 amide bonds. The number of halogens is 1. The lowest BCUT2D eigenvalue weighted by atomic mass is 10.4. The van der Waals surface area contributed by atoms with Crippen LogP contribution < -0.4 is 5.73 Å². The van der Waals surface area contributed by atoms with Gasteiger partial charge in [-0.2, -0.15) is 5.10 Å². The molecule has 1 aliphatic carbocycles. The fraction of sp³-hybridized carbons (Fsp3) is 0.714. The molecule has 3 N–H and O–H groups in total. The second-order valence-electron chi connectivity index (χ2n) is 3.08. The van der Waals surface area contributed by atoms with Crippen molar-refractivity contribution in [2.45, 2.75) is 25.3 Å². The van der Waals surface area contributed by atoms with Gasteiger partial charge in [-0.05, 0) is 31.6 Å². The lowest BCUT2D eigenvalue weighted by Crippen LogP contribution is -2.09. The number of aromatic nitrogens is 3. The molecular formula is C7H13ClN4S. The Bertz CT molecular complexity index is 327. The number of nitrogens with zero attached hydrogens (tertiary/aromatic N) is 2. The summed E-state index contributed by atoms with van der Waals surface area (Å²) in [5.74, 6) is 1.00. The van der Waals surface area contributed by atoms with Gasteiger partial charge in [-0.1, -0.05) is 0 Å². The van der Waals surface area contributed by atoms with Crippen LogP contribution in [0.15, 0.2) is 0 Å². The van der Waals surface area contributed by atoms with E-state index in [4.69, 9.17) is 18.0 Å². The minimum Gasteiger partial charge on any atom is -0.330 e. The van der Waals surface area contributed by atoms with Gasteiger partial charge in [0.2, 0.25) is 0 Å². The van der Waals surface area contributed by atoms with Gasteiger partial charge in [0, 0.05) is 12.5 Å². The van der Waals surface area contributed by atoms with Crippen molar-refractivity contribution in [1.29, 1.82) is 0 Å². The summed E-state index contributed by atoms with van der Waals surface area (Å²) in [6.45, 7) is 0.631. The average Bonchev–Trinajstić information content (AvgIpc) is 2.80. The van der Waals surface area contributed by atoms with Crippen LogP contribution in [0.5, 0.6) is 0 Å². The minimum atomic E-state index is 0. The summed E-state index contributed by atoms with van der Waals surface area (Å²) in [7, 11) is 0. The highest BCUT2D eigenvalue weighted by atomic mass is 35.5. The summed E-state index contributed by atoms with van der Waals surface area (Å²) in [5, 5.41) is 6.94. The smallest absolute Gasteiger partial charge is 0.195 e. The van der Waals surface area contributed by atoms with Gasteiger partial charge in [-0.25, -0.2) is 0 Å². The number of H-pyrrole nitrogens is 1. The van der Waals surface area contributed by atoms with Crippen molar-refractivity contribution >= 4 is 24.6 Å². The van der Waals surface area contributed by atoms with Crippen molar-refractivity contribution in [2.75, 3.05) is 6.54 Å². The predicted octanol–water partition coefficient (Wildman–Crippen LogP) is 1.20. The maximum absolute atomic E-state index is 5.46. The summed E-state index contributed by atoms with van der Waals surface area (Å²) in [5.41, 5.74) is 5.46. The zero-order valence-electron chi connectivity index (χ0n) is 7.19. The Morgan fingerprint density at radius 3 is 2.85 bits per heavy atom. The highest BCUT2D eigenvalue weighted by Gasteiger charge is 2.26. The van der Waals surface area contributed by atoms with Crippen LogP contribution in [0.2, 0.25) is 0 Å². The van der Waals surface area contributed by atoms with E-state index < -0.39 is 0 Å². The monoisotopic (exact) mass is 220 g/mol. The highest BCUT2D eigenvalue weighted by molar-refractivity contribution is 7.71. The van der Waals surface area contributed by atoms with Crippen LogP contribution in [0.1, 0.15) is 24.7 Å². The van der Waals surface area contributed by atoms with E-state index in [0.29, 0.717) is 12.6 Å². The van der Waals surface area contributed by atoms with Crippen LogP contribution >= 0.6 is 24.6 Å². The van der Waals surface area contributed by atoms with E-state index in [9.17, 15) is 0 Å². The van der Waals surface area contributed by atoms with Crippen LogP contribution in [0.4, 0.5) is 0 Å². The second-order valence-corrected chi connectivity index (χ2v) is 3.47. The molecule has 1 aromatic heterocycles. The molecule has 0 atom stereocenters. The molecule has 1 aromatic rings. The van der Waals surface area contributed by atoms with Crippen LogP contribution in [-0.2, 0) is 6.42 Å². The maximum Gasteiger partial charge on any atom is 0.195 e. The van der Waals surface area contributed by atoms with Gasteiger partial charge >= 0.3 is 0 Å². The van der Waals surface area contributed by atoms with Crippen LogP contribution in [0.3, 0.4) is 0 Å². The Balaban J connectivity index is 0.000000845. The molecule has 0 unspecified atom stereocenters. The van der Waals surface area contributed by atoms with Crippen LogP contribution in [0, 0.1) is 4.77 Å². The van der Waals surface area contributed by atoms with Crippen molar-refractivity contribution in [3.8, 4) is 0 Å².